The van der Waals surface area contributed by atoms with Crippen LogP contribution in [0.3, 0.4) is 0 Å². The van der Waals surface area contributed by atoms with Crippen LogP contribution in [0.1, 0.15) is 13.8 Å². The molecule has 0 heterocycles. The normalized spacial score (nSPS) is 14.2. The Kier molecular flexibility index (Phi) is 4.05. The van der Waals surface area contributed by atoms with Crippen molar-refractivity contribution < 1.29 is 9.59 Å². The summed E-state index contributed by atoms with van der Waals surface area (Å²) in [6.07, 6.45) is 2.78. The number of hydrogen-bond acceptors (Lipinski definition) is 4. The number of isocyanates is 2. The molecule has 4 heteroatoms. The molecule has 2 unspecified atom stereocenters. The van der Waals surface area contributed by atoms with E-state index in [1.165, 1.54) is 12.2 Å². The minimum Gasteiger partial charge on any atom is -0.211 e. The van der Waals surface area contributed by atoms with Gasteiger partial charge in [0.2, 0.25) is 12.2 Å². The van der Waals surface area contributed by atoms with Crippen molar-refractivity contribution in [3.05, 3.63) is 0 Å². The molecule has 0 saturated heterocycles. The van der Waals surface area contributed by atoms with Gasteiger partial charge in [-0.05, 0) is 13.8 Å². The predicted molar refractivity (Wildman–Crippen MR) is 35.2 cm³/mol. The monoisotopic (exact) mass is 140 g/mol. The van der Waals surface area contributed by atoms with Crippen molar-refractivity contribution in [2.45, 2.75) is 25.9 Å². The highest BCUT2D eigenvalue weighted by Crippen LogP contribution is 1.99. The average Bonchev–Trinajstić information content (AvgIpc) is 1.89. The molecule has 0 aliphatic heterocycles. The molecule has 0 radical (unpaired) electrons. The molecular formula is C6H8N2O2. The molecule has 0 aromatic carbocycles. The van der Waals surface area contributed by atoms with Crippen molar-refractivity contribution in [2.75, 3.05) is 0 Å². The number of nitrogens with zero attached hydrogens (tertiary/aromatic N) is 2. The molecular weight excluding hydrogens is 132 g/mol. The molecule has 4 nitrogen and oxygen atoms in total. The van der Waals surface area contributed by atoms with E-state index in [1.54, 1.807) is 13.8 Å². The highest BCUT2D eigenvalue weighted by Gasteiger charge is 2.07. The molecule has 0 aliphatic rings. The topological polar surface area (TPSA) is 58.9 Å². The van der Waals surface area contributed by atoms with Gasteiger partial charge in [-0.1, -0.05) is 0 Å². The van der Waals surface area contributed by atoms with E-state index in [2.05, 4.69) is 9.98 Å². The van der Waals surface area contributed by atoms with Crippen LogP contribution >= 0.6 is 0 Å². The van der Waals surface area contributed by atoms with Crippen molar-refractivity contribution >= 4 is 12.2 Å². The maximum absolute atomic E-state index is 9.69. The highest BCUT2D eigenvalue weighted by molar-refractivity contribution is 5.35. The van der Waals surface area contributed by atoms with E-state index >= 15 is 0 Å². The maximum Gasteiger partial charge on any atom is 0.235 e. The summed E-state index contributed by atoms with van der Waals surface area (Å²) in [6, 6.07) is -0.585. The maximum atomic E-state index is 9.69. The number of hydrogen-bond donors (Lipinski definition) is 0. The highest BCUT2D eigenvalue weighted by atomic mass is 16.1. The zero-order valence-electron chi connectivity index (χ0n) is 5.87. The predicted octanol–water partition coefficient (Wildman–Crippen LogP) is 0.435. The minimum absolute atomic E-state index is 0.293. The quantitative estimate of drug-likeness (QED) is 0.421. The molecule has 10 heavy (non-hydrogen) atoms. The van der Waals surface area contributed by atoms with Crippen LogP contribution in [0.2, 0.25) is 0 Å². The first-order chi connectivity index (χ1) is 4.72. The Morgan fingerprint density at radius 3 is 1.50 bits per heavy atom. The van der Waals surface area contributed by atoms with Crippen molar-refractivity contribution in [3.63, 3.8) is 0 Å². The first-order valence-electron chi connectivity index (χ1n) is 2.86. The first-order valence-corrected chi connectivity index (χ1v) is 2.86. The van der Waals surface area contributed by atoms with Crippen molar-refractivity contribution in [2.24, 2.45) is 9.98 Å². The molecule has 0 spiro atoms. The Balaban J connectivity index is 4.05. The van der Waals surface area contributed by atoms with Gasteiger partial charge in [-0.3, -0.25) is 0 Å². The summed E-state index contributed by atoms with van der Waals surface area (Å²) in [4.78, 5) is 26.1. The minimum atomic E-state index is -0.293. The molecule has 0 rings (SSSR count). The summed E-state index contributed by atoms with van der Waals surface area (Å²) in [6.45, 7) is 3.35. The first kappa shape index (κ1) is 8.76. The third-order valence-electron chi connectivity index (χ3n) is 1.21. The van der Waals surface area contributed by atoms with E-state index in [9.17, 15) is 9.59 Å². The van der Waals surface area contributed by atoms with Crippen LogP contribution in [-0.4, -0.2) is 24.2 Å². The molecule has 0 N–H and O–H groups in total. The van der Waals surface area contributed by atoms with Crippen molar-refractivity contribution in [3.8, 4) is 0 Å². The second-order valence-corrected chi connectivity index (χ2v) is 1.92. The fraction of sp³-hybridized carbons (Fsp3) is 0.667. The Labute approximate surface area is 58.7 Å². The smallest absolute Gasteiger partial charge is 0.211 e. The lowest BCUT2D eigenvalue weighted by Crippen LogP contribution is -2.14. The molecule has 0 aliphatic carbocycles. The fourth-order valence-corrected chi connectivity index (χ4v) is 0.382. The van der Waals surface area contributed by atoms with Crippen LogP contribution in [0.5, 0.6) is 0 Å². The number of aliphatic imine (C=N–C) groups is 2. The fourth-order valence-electron chi connectivity index (χ4n) is 0.382. The van der Waals surface area contributed by atoms with Crippen molar-refractivity contribution in [1.29, 1.82) is 0 Å². The summed E-state index contributed by atoms with van der Waals surface area (Å²) in [5.74, 6) is 0. The third-order valence-corrected chi connectivity index (χ3v) is 1.21. The second-order valence-electron chi connectivity index (χ2n) is 1.92. The van der Waals surface area contributed by atoms with Crippen molar-refractivity contribution in [1.82, 2.24) is 0 Å². The van der Waals surface area contributed by atoms with Crippen LogP contribution in [-0.2, 0) is 9.59 Å². The van der Waals surface area contributed by atoms with E-state index in [1.807, 2.05) is 0 Å². The molecule has 0 bridgehead atoms. The van der Waals surface area contributed by atoms with Crippen LogP contribution in [0.25, 0.3) is 0 Å². The molecule has 0 aromatic heterocycles. The molecule has 0 saturated carbocycles. The van der Waals surface area contributed by atoms with Crippen LogP contribution in [0.4, 0.5) is 0 Å². The van der Waals surface area contributed by atoms with Gasteiger partial charge < -0.3 is 0 Å². The summed E-state index contributed by atoms with van der Waals surface area (Å²) in [7, 11) is 0. The lowest BCUT2D eigenvalue weighted by Gasteiger charge is -2.04. The van der Waals surface area contributed by atoms with Gasteiger partial charge in [0, 0.05) is 0 Å². The molecule has 2 atom stereocenters. The average molecular weight is 140 g/mol. The molecule has 0 amide bonds. The lowest BCUT2D eigenvalue weighted by atomic mass is 10.2. The summed E-state index contributed by atoms with van der Waals surface area (Å²) < 4.78 is 0. The van der Waals surface area contributed by atoms with Crippen LogP contribution in [0, 0.1) is 0 Å². The summed E-state index contributed by atoms with van der Waals surface area (Å²) >= 11 is 0. The Bertz CT molecular complexity index is 168. The lowest BCUT2D eigenvalue weighted by molar-refractivity contribution is 0.536. The number of carbonyl (C=O) groups excluding carboxylic acids is 2. The molecule has 54 valence electrons. The molecule has 0 aromatic rings. The van der Waals surface area contributed by atoms with E-state index in [0.717, 1.165) is 0 Å². The van der Waals surface area contributed by atoms with Gasteiger partial charge >= 0.3 is 0 Å². The summed E-state index contributed by atoms with van der Waals surface area (Å²) in [5.41, 5.74) is 0. The van der Waals surface area contributed by atoms with Gasteiger partial charge in [0.15, 0.2) is 0 Å². The van der Waals surface area contributed by atoms with E-state index in [4.69, 9.17) is 0 Å². The van der Waals surface area contributed by atoms with Crippen LogP contribution < -0.4 is 0 Å². The SMILES string of the molecule is CC(N=C=O)C(C)N=C=O. The Morgan fingerprint density at radius 1 is 1.00 bits per heavy atom. The largest absolute Gasteiger partial charge is 0.235 e. The standard InChI is InChI=1S/C6H8N2O2/c1-5(7-3-9)6(2)8-4-10/h5-6H,1-2H3. The van der Waals surface area contributed by atoms with Gasteiger partial charge in [0.1, 0.15) is 0 Å². The zero-order valence-corrected chi connectivity index (χ0v) is 5.87. The van der Waals surface area contributed by atoms with Gasteiger partial charge in [0.05, 0.1) is 12.1 Å². The summed E-state index contributed by atoms with van der Waals surface area (Å²) in [5, 5.41) is 0. The molecule has 0 fully saturated rings. The Hall–Kier alpha value is -1.24. The van der Waals surface area contributed by atoms with Gasteiger partial charge in [0.25, 0.3) is 0 Å². The van der Waals surface area contributed by atoms with E-state index in [-0.39, 0.29) is 12.1 Å². The van der Waals surface area contributed by atoms with E-state index in [0.29, 0.717) is 0 Å². The van der Waals surface area contributed by atoms with Gasteiger partial charge in [-0.15, -0.1) is 0 Å². The van der Waals surface area contributed by atoms with Gasteiger partial charge in [-0.25, -0.2) is 19.6 Å². The second kappa shape index (κ2) is 4.62. The van der Waals surface area contributed by atoms with E-state index < -0.39 is 0 Å². The Morgan fingerprint density at radius 2 is 1.30 bits per heavy atom. The zero-order chi connectivity index (χ0) is 7.98. The van der Waals surface area contributed by atoms with Gasteiger partial charge in [-0.2, -0.15) is 0 Å². The van der Waals surface area contributed by atoms with Crippen LogP contribution in [0.15, 0.2) is 9.98 Å². The third kappa shape index (κ3) is 2.92. The number of rotatable bonds is 3.